The van der Waals surface area contributed by atoms with E-state index in [9.17, 15) is 0 Å². The first-order valence-electron chi connectivity index (χ1n) is 4.86. The Bertz CT molecular complexity index is 299. The summed E-state index contributed by atoms with van der Waals surface area (Å²) in [6.07, 6.45) is 0.969. The molecular formula is C11H14INO. The Morgan fingerprint density at radius 2 is 2.00 bits per heavy atom. The molecule has 1 heterocycles. The van der Waals surface area contributed by atoms with Gasteiger partial charge in [0, 0.05) is 22.1 Å². The molecule has 0 bridgehead atoms. The summed E-state index contributed by atoms with van der Waals surface area (Å²) in [5, 5.41) is 0. The lowest BCUT2D eigenvalue weighted by Crippen LogP contribution is -2.36. The maximum atomic E-state index is 6.07. The second-order valence-corrected chi connectivity index (χ2v) is 4.93. The highest BCUT2D eigenvalue weighted by molar-refractivity contribution is 14.1. The lowest BCUT2D eigenvalue weighted by molar-refractivity contribution is 0.0691. The van der Waals surface area contributed by atoms with E-state index in [4.69, 9.17) is 10.5 Å². The van der Waals surface area contributed by atoms with Crippen LogP contribution in [0.25, 0.3) is 0 Å². The Labute approximate surface area is 98.0 Å². The molecule has 0 radical (unpaired) electrons. The van der Waals surface area contributed by atoms with Crippen molar-refractivity contribution < 1.29 is 4.74 Å². The molecule has 1 fully saturated rings. The van der Waals surface area contributed by atoms with Gasteiger partial charge < -0.3 is 10.5 Å². The highest BCUT2D eigenvalue weighted by atomic mass is 127. The first kappa shape index (κ1) is 10.4. The molecule has 2 rings (SSSR count). The number of halogens is 1. The molecule has 0 amide bonds. The van der Waals surface area contributed by atoms with Crippen LogP contribution in [-0.2, 0) is 4.74 Å². The highest BCUT2D eigenvalue weighted by Gasteiger charge is 2.23. The van der Waals surface area contributed by atoms with Gasteiger partial charge in [-0.15, -0.1) is 0 Å². The van der Waals surface area contributed by atoms with E-state index in [-0.39, 0.29) is 6.04 Å². The topological polar surface area (TPSA) is 35.2 Å². The Balaban J connectivity index is 2.16. The molecule has 2 N–H and O–H groups in total. The molecule has 0 spiro atoms. The SMILES string of the molecule is NC1CCOCC1c1ccc(I)cc1. The largest absolute Gasteiger partial charge is 0.381 e. The second-order valence-electron chi connectivity index (χ2n) is 3.69. The maximum Gasteiger partial charge on any atom is 0.0549 e. The van der Waals surface area contributed by atoms with E-state index in [0.29, 0.717) is 5.92 Å². The molecule has 3 heteroatoms. The van der Waals surface area contributed by atoms with Crippen molar-refractivity contribution >= 4 is 22.6 Å². The van der Waals surface area contributed by atoms with Crippen LogP contribution in [0.4, 0.5) is 0 Å². The van der Waals surface area contributed by atoms with Crippen LogP contribution in [-0.4, -0.2) is 19.3 Å². The Hall–Kier alpha value is -0.130. The highest BCUT2D eigenvalue weighted by Crippen LogP contribution is 2.24. The van der Waals surface area contributed by atoms with Crippen molar-refractivity contribution in [1.82, 2.24) is 0 Å². The summed E-state index contributed by atoms with van der Waals surface area (Å²) in [5.74, 6) is 0.376. The predicted molar refractivity (Wildman–Crippen MR) is 65.3 cm³/mol. The van der Waals surface area contributed by atoms with Gasteiger partial charge in [-0.05, 0) is 46.7 Å². The molecule has 14 heavy (non-hydrogen) atoms. The number of rotatable bonds is 1. The smallest absolute Gasteiger partial charge is 0.0549 e. The van der Waals surface area contributed by atoms with Crippen LogP contribution in [0.15, 0.2) is 24.3 Å². The first-order chi connectivity index (χ1) is 6.77. The van der Waals surface area contributed by atoms with Gasteiger partial charge in [0.1, 0.15) is 0 Å². The molecule has 2 atom stereocenters. The maximum absolute atomic E-state index is 6.07. The van der Waals surface area contributed by atoms with Crippen molar-refractivity contribution in [3.8, 4) is 0 Å². The van der Waals surface area contributed by atoms with E-state index in [0.717, 1.165) is 19.6 Å². The Morgan fingerprint density at radius 1 is 1.29 bits per heavy atom. The van der Waals surface area contributed by atoms with Crippen molar-refractivity contribution in [2.75, 3.05) is 13.2 Å². The molecule has 1 saturated heterocycles. The van der Waals surface area contributed by atoms with Gasteiger partial charge in [-0.2, -0.15) is 0 Å². The fraction of sp³-hybridized carbons (Fsp3) is 0.455. The van der Waals surface area contributed by atoms with Gasteiger partial charge in [0.2, 0.25) is 0 Å². The van der Waals surface area contributed by atoms with Crippen LogP contribution < -0.4 is 5.73 Å². The summed E-state index contributed by atoms with van der Waals surface area (Å²) in [6, 6.07) is 8.81. The third-order valence-electron chi connectivity index (χ3n) is 2.71. The average molecular weight is 303 g/mol. The summed E-state index contributed by atoms with van der Waals surface area (Å²) < 4.78 is 6.72. The molecule has 1 aromatic rings. The number of hydrogen-bond acceptors (Lipinski definition) is 2. The van der Waals surface area contributed by atoms with Gasteiger partial charge in [0.25, 0.3) is 0 Å². The molecule has 1 aliphatic heterocycles. The normalized spacial score (nSPS) is 27.6. The first-order valence-corrected chi connectivity index (χ1v) is 5.94. The molecule has 0 aromatic heterocycles. The summed E-state index contributed by atoms with van der Waals surface area (Å²) in [6.45, 7) is 1.57. The van der Waals surface area contributed by atoms with E-state index >= 15 is 0 Å². The fourth-order valence-electron chi connectivity index (χ4n) is 1.81. The number of ether oxygens (including phenoxy) is 1. The number of benzene rings is 1. The van der Waals surface area contributed by atoms with Crippen LogP contribution >= 0.6 is 22.6 Å². The van der Waals surface area contributed by atoms with E-state index in [1.807, 2.05) is 0 Å². The molecule has 1 aliphatic rings. The lowest BCUT2D eigenvalue weighted by Gasteiger charge is -2.28. The van der Waals surface area contributed by atoms with Gasteiger partial charge in [0.05, 0.1) is 6.61 Å². The van der Waals surface area contributed by atoms with Crippen molar-refractivity contribution in [3.05, 3.63) is 33.4 Å². The van der Waals surface area contributed by atoms with E-state index in [2.05, 4.69) is 46.9 Å². The summed E-state index contributed by atoms with van der Waals surface area (Å²) in [5.41, 5.74) is 7.37. The van der Waals surface area contributed by atoms with Gasteiger partial charge in [-0.3, -0.25) is 0 Å². The standard InChI is InChI=1S/C11H14INO/c12-9-3-1-8(2-4-9)10-7-14-6-5-11(10)13/h1-4,10-11H,5-7,13H2. The van der Waals surface area contributed by atoms with E-state index in [1.54, 1.807) is 0 Å². The quantitative estimate of drug-likeness (QED) is 0.807. The van der Waals surface area contributed by atoms with Gasteiger partial charge >= 0.3 is 0 Å². The van der Waals surface area contributed by atoms with Crippen LogP contribution in [0, 0.1) is 3.57 Å². The van der Waals surface area contributed by atoms with Gasteiger partial charge in [-0.1, -0.05) is 12.1 Å². The average Bonchev–Trinajstić information content (AvgIpc) is 2.20. The summed E-state index contributed by atoms with van der Waals surface area (Å²) in [4.78, 5) is 0. The molecule has 0 saturated carbocycles. The van der Waals surface area contributed by atoms with E-state index in [1.165, 1.54) is 9.13 Å². The van der Waals surface area contributed by atoms with E-state index < -0.39 is 0 Å². The summed E-state index contributed by atoms with van der Waals surface area (Å²) in [7, 11) is 0. The molecule has 76 valence electrons. The minimum absolute atomic E-state index is 0.254. The number of nitrogens with two attached hydrogens (primary N) is 1. The Morgan fingerprint density at radius 3 is 2.64 bits per heavy atom. The predicted octanol–water partition coefficient (Wildman–Crippen LogP) is 2.12. The monoisotopic (exact) mass is 303 g/mol. The van der Waals surface area contributed by atoms with Crippen molar-refractivity contribution in [3.63, 3.8) is 0 Å². The van der Waals surface area contributed by atoms with Crippen molar-refractivity contribution in [2.24, 2.45) is 5.73 Å². The van der Waals surface area contributed by atoms with Gasteiger partial charge in [-0.25, -0.2) is 0 Å². The lowest BCUT2D eigenvalue weighted by atomic mass is 9.89. The number of hydrogen-bond donors (Lipinski definition) is 1. The summed E-state index contributed by atoms with van der Waals surface area (Å²) >= 11 is 2.31. The second kappa shape index (κ2) is 4.59. The van der Waals surface area contributed by atoms with Crippen molar-refractivity contribution in [2.45, 2.75) is 18.4 Å². The zero-order chi connectivity index (χ0) is 9.97. The third-order valence-corrected chi connectivity index (χ3v) is 3.43. The minimum atomic E-state index is 0.254. The molecule has 2 nitrogen and oxygen atoms in total. The van der Waals surface area contributed by atoms with Crippen LogP contribution in [0.1, 0.15) is 17.9 Å². The third kappa shape index (κ3) is 2.27. The molecule has 2 unspecified atom stereocenters. The zero-order valence-electron chi connectivity index (χ0n) is 7.95. The minimum Gasteiger partial charge on any atom is -0.381 e. The van der Waals surface area contributed by atoms with Crippen LogP contribution in [0.3, 0.4) is 0 Å². The van der Waals surface area contributed by atoms with Gasteiger partial charge in [0.15, 0.2) is 0 Å². The molecule has 0 aliphatic carbocycles. The molecular weight excluding hydrogens is 289 g/mol. The molecule has 1 aromatic carbocycles. The van der Waals surface area contributed by atoms with Crippen LogP contribution in [0.2, 0.25) is 0 Å². The van der Waals surface area contributed by atoms with Crippen molar-refractivity contribution in [1.29, 1.82) is 0 Å². The van der Waals surface area contributed by atoms with Crippen LogP contribution in [0.5, 0.6) is 0 Å². The Kier molecular flexibility index (Phi) is 3.41. The fourth-order valence-corrected chi connectivity index (χ4v) is 2.17. The zero-order valence-corrected chi connectivity index (χ0v) is 10.1.